The Balaban J connectivity index is 1.88. The van der Waals surface area contributed by atoms with Gasteiger partial charge in [0.2, 0.25) is 17.7 Å². The average Bonchev–Trinajstić information content (AvgIpc) is 3.36. The van der Waals surface area contributed by atoms with Crippen LogP contribution in [0.3, 0.4) is 0 Å². The van der Waals surface area contributed by atoms with Crippen LogP contribution < -0.4 is 10.6 Å². The molecule has 0 aliphatic carbocycles. The number of carbonyl (C=O) groups excluding carboxylic acids is 3. The fourth-order valence-corrected chi connectivity index (χ4v) is 8.72. The Labute approximate surface area is 203 Å². The molecule has 7 nitrogen and oxygen atoms in total. The summed E-state index contributed by atoms with van der Waals surface area (Å²) in [6.45, 7) is 9.64. The minimum absolute atomic E-state index is 0.0151. The minimum Gasteiger partial charge on any atom is -0.396 e. The molecule has 33 heavy (non-hydrogen) atoms. The first kappa shape index (κ1) is 26.3. The van der Waals surface area contributed by atoms with Crippen LogP contribution in [0.1, 0.15) is 79.1 Å². The first-order valence-electron chi connectivity index (χ1n) is 13.0. The predicted octanol–water partition coefficient (Wildman–Crippen LogP) is 2.71. The van der Waals surface area contributed by atoms with Crippen LogP contribution in [0.15, 0.2) is 0 Å². The van der Waals surface area contributed by atoms with E-state index in [0.717, 1.165) is 51.4 Å². The third-order valence-electron chi connectivity index (χ3n) is 7.76. The van der Waals surface area contributed by atoms with E-state index < -0.39 is 16.7 Å². The van der Waals surface area contributed by atoms with Crippen molar-refractivity contribution in [3.8, 4) is 0 Å². The summed E-state index contributed by atoms with van der Waals surface area (Å²) in [5.74, 6) is -0.677. The van der Waals surface area contributed by atoms with Gasteiger partial charge in [0.25, 0.3) is 0 Å². The molecule has 0 aromatic heterocycles. The Morgan fingerprint density at radius 3 is 2.58 bits per heavy atom. The van der Waals surface area contributed by atoms with Gasteiger partial charge in [0, 0.05) is 31.0 Å². The van der Waals surface area contributed by atoms with E-state index in [2.05, 4.69) is 24.5 Å². The maximum atomic E-state index is 13.9. The van der Waals surface area contributed by atoms with Crippen LogP contribution in [-0.2, 0) is 14.4 Å². The van der Waals surface area contributed by atoms with E-state index in [9.17, 15) is 14.4 Å². The Kier molecular flexibility index (Phi) is 9.12. The van der Waals surface area contributed by atoms with Crippen molar-refractivity contribution in [2.75, 3.05) is 19.7 Å². The number of thioether (sulfide) groups is 1. The van der Waals surface area contributed by atoms with E-state index in [4.69, 9.17) is 5.11 Å². The number of nitrogens with zero attached hydrogens (tertiary/aromatic N) is 1. The Hall–Kier alpha value is -1.28. The number of unbranched alkanes of at least 4 members (excludes halogenated alkanes) is 3. The summed E-state index contributed by atoms with van der Waals surface area (Å²) in [6, 6.07) is -0.469. The number of likely N-dealkylation sites (tertiary alicyclic amines) is 1. The van der Waals surface area contributed by atoms with Gasteiger partial charge in [0.1, 0.15) is 6.04 Å². The smallest absolute Gasteiger partial charge is 0.244 e. The van der Waals surface area contributed by atoms with Crippen molar-refractivity contribution >= 4 is 29.5 Å². The highest BCUT2D eigenvalue weighted by molar-refractivity contribution is 8.02. The minimum atomic E-state index is -0.531. The molecule has 3 rings (SSSR count). The molecule has 7 atom stereocenters. The van der Waals surface area contributed by atoms with Crippen molar-refractivity contribution in [2.24, 2.45) is 17.8 Å². The molecule has 3 amide bonds. The van der Waals surface area contributed by atoms with Crippen LogP contribution in [0.25, 0.3) is 0 Å². The number of hydrogen-bond donors (Lipinski definition) is 3. The van der Waals surface area contributed by atoms with Gasteiger partial charge in [-0.1, -0.05) is 40.0 Å². The van der Waals surface area contributed by atoms with Crippen LogP contribution in [0.2, 0.25) is 0 Å². The first-order chi connectivity index (χ1) is 15.8. The van der Waals surface area contributed by atoms with Gasteiger partial charge in [0.05, 0.1) is 16.6 Å². The fraction of sp³-hybridized carbons (Fsp3) is 0.880. The number of fused-ring (bicyclic) bond motifs is 1. The SMILES string of the molecule is CCCNC(=O)[C@@H]1[C@H]2C(=O)N(CCCCCCO)C(C(=O)NC(C)CCC)C23S[C@@H]1CC3C. The largest absolute Gasteiger partial charge is 0.396 e. The molecule has 0 radical (unpaired) electrons. The van der Waals surface area contributed by atoms with Crippen molar-refractivity contribution in [2.45, 2.75) is 101 Å². The monoisotopic (exact) mass is 481 g/mol. The number of carbonyl (C=O) groups is 3. The summed E-state index contributed by atoms with van der Waals surface area (Å²) in [5.41, 5.74) is 0. The molecule has 3 heterocycles. The molecule has 1 spiro atoms. The van der Waals surface area contributed by atoms with Crippen molar-refractivity contribution in [3.63, 3.8) is 0 Å². The lowest BCUT2D eigenvalue weighted by atomic mass is 9.66. The number of aliphatic hydroxyl groups excluding tert-OH is 1. The maximum absolute atomic E-state index is 13.9. The fourth-order valence-electron chi connectivity index (χ4n) is 6.30. The molecule has 0 aromatic rings. The Morgan fingerprint density at radius 2 is 1.91 bits per heavy atom. The molecule has 3 aliphatic heterocycles. The van der Waals surface area contributed by atoms with Crippen LogP contribution in [-0.4, -0.2) is 69.5 Å². The summed E-state index contributed by atoms with van der Waals surface area (Å²) < 4.78 is -0.531. The molecule has 3 saturated heterocycles. The quantitative estimate of drug-likeness (QED) is 0.351. The summed E-state index contributed by atoms with van der Waals surface area (Å²) in [6.07, 6.45) is 7.00. The zero-order valence-electron chi connectivity index (χ0n) is 20.8. The molecule has 3 fully saturated rings. The third kappa shape index (κ3) is 4.93. The normalized spacial score (nSPS) is 33.3. The molecule has 0 saturated carbocycles. The van der Waals surface area contributed by atoms with Crippen molar-refractivity contribution in [3.05, 3.63) is 0 Å². The Morgan fingerprint density at radius 1 is 1.18 bits per heavy atom. The van der Waals surface area contributed by atoms with Crippen molar-refractivity contribution in [1.29, 1.82) is 0 Å². The molecule has 4 unspecified atom stereocenters. The standard InChI is InChI=1S/C25H43N3O4S/c1-5-11-17(4)27-23(31)21-25-16(3)15-18(33-25)19(22(30)26-12-6-2)20(25)24(32)28(21)13-9-7-8-10-14-29/h16-21,29H,5-15H2,1-4H3,(H,26,30)(H,27,31)/t16?,17?,18-,19+,20+,21?,25?/m1/s1. The van der Waals surface area contributed by atoms with Crippen molar-refractivity contribution in [1.82, 2.24) is 15.5 Å². The summed E-state index contributed by atoms with van der Waals surface area (Å²) in [4.78, 5) is 42.5. The van der Waals surface area contributed by atoms with Gasteiger partial charge in [-0.2, -0.15) is 0 Å². The first-order valence-corrected chi connectivity index (χ1v) is 13.9. The van der Waals surface area contributed by atoms with Crippen LogP contribution in [0.5, 0.6) is 0 Å². The third-order valence-corrected chi connectivity index (χ3v) is 9.84. The van der Waals surface area contributed by atoms with Gasteiger partial charge in [-0.25, -0.2) is 0 Å². The molecule has 8 heteroatoms. The van der Waals surface area contributed by atoms with Gasteiger partial charge in [0.15, 0.2) is 0 Å². The van der Waals surface area contributed by atoms with Gasteiger partial charge in [-0.05, 0) is 44.9 Å². The lowest BCUT2D eigenvalue weighted by Crippen LogP contribution is -2.57. The molecule has 3 N–H and O–H groups in total. The summed E-state index contributed by atoms with van der Waals surface area (Å²) >= 11 is 1.74. The maximum Gasteiger partial charge on any atom is 0.244 e. The van der Waals surface area contributed by atoms with Crippen LogP contribution >= 0.6 is 11.8 Å². The van der Waals surface area contributed by atoms with E-state index in [1.54, 1.807) is 11.8 Å². The van der Waals surface area contributed by atoms with Crippen molar-refractivity contribution < 1.29 is 19.5 Å². The number of hydrogen-bond acceptors (Lipinski definition) is 5. The molecular formula is C25H43N3O4S. The van der Waals surface area contributed by atoms with Gasteiger partial charge in [-0.15, -0.1) is 11.8 Å². The zero-order valence-corrected chi connectivity index (χ0v) is 21.6. The molecule has 0 aromatic carbocycles. The average molecular weight is 482 g/mol. The van der Waals surface area contributed by atoms with E-state index in [-0.39, 0.29) is 47.5 Å². The van der Waals surface area contributed by atoms with Crippen LogP contribution in [0.4, 0.5) is 0 Å². The molecule has 3 aliphatic rings. The second kappa shape index (κ2) is 11.4. The highest BCUT2D eigenvalue weighted by atomic mass is 32.2. The number of aliphatic hydroxyl groups is 1. The topological polar surface area (TPSA) is 98.7 Å². The highest BCUT2D eigenvalue weighted by Crippen LogP contribution is 2.68. The van der Waals surface area contributed by atoms with E-state index in [0.29, 0.717) is 13.1 Å². The predicted molar refractivity (Wildman–Crippen MR) is 132 cm³/mol. The lowest BCUT2D eigenvalue weighted by Gasteiger charge is -2.39. The lowest BCUT2D eigenvalue weighted by molar-refractivity contribution is -0.140. The zero-order chi connectivity index (χ0) is 24.2. The second-order valence-electron chi connectivity index (χ2n) is 10.2. The van der Waals surface area contributed by atoms with E-state index >= 15 is 0 Å². The molecule has 2 bridgehead atoms. The number of nitrogens with one attached hydrogen (secondary N) is 2. The van der Waals surface area contributed by atoms with E-state index in [1.807, 2.05) is 18.7 Å². The highest BCUT2D eigenvalue weighted by Gasteiger charge is 2.75. The summed E-state index contributed by atoms with van der Waals surface area (Å²) in [5, 5.41) is 15.4. The second-order valence-corrected chi connectivity index (χ2v) is 11.8. The Bertz CT molecular complexity index is 720. The summed E-state index contributed by atoms with van der Waals surface area (Å²) in [7, 11) is 0. The number of amides is 3. The van der Waals surface area contributed by atoms with Gasteiger partial charge < -0.3 is 20.6 Å². The van der Waals surface area contributed by atoms with Crippen LogP contribution in [0, 0.1) is 17.8 Å². The van der Waals surface area contributed by atoms with Gasteiger partial charge in [-0.3, -0.25) is 14.4 Å². The number of rotatable bonds is 13. The van der Waals surface area contributed by atoms with E-state index in [1.165, 1.54) is 0 Å². The molecule has 188 valence electrons. The molecular weight excluding hydrogens is 438 g/mol. The van der Waals surface area contributed by atoms with Gasteiger partial charge >= 0.3 is 0 Å².